The van der Waals surface area contributed by atoms with Gasteiger partial charge in [-0.15, -0.1) is 0 Å². The Morgan fingerprint density at radius 3 is 2.50 bits per heavy atom. The van der Waals surface area contributed by atoms with Gasteiger partial charge in [-0.1, -0.05) is 62.9 Å². The van der Waals surface area contributed by atoms with Gasteiger partial charge in [0.25, 0.3) is 0 Å². The fourth-order valence-corrected chi connectivity index (χ4v) is 2.14. The quantitative estimate of drug-likeness (QED) is 0.666. The minimum absolute atomic E-state index is 0.563. The van der Waals surface area contributed by atoms with Crippen LogP contribution in [-0.2, 0) is 0 Å². The van der Waals surface area contributed by atoms with Crippen LogP contribution in [0.3, 0.4) is 0 Å². The lowest BCUT2D eigenvalue weighted by atomic mass is 9.94. The third-order valence-corrected chi connectivity index (χ3v) is 3.36. The van der Waals surface area contributed by atoms with Crippen LogP contribution in [0.1, 0.15) is 36.5 Å². The second kappa shape index (κ2) is 5.22. The fraction of sp³-hybridized carbons (Fsp3) is 0.222. The maximum Gasteiger partial charge on any atom is -0.0149 e. The van der Waals surface area contributed by atoms with Crippen molar-refractivity contribution in [2.75, 3.05) is 0 Å². The van der Waals surface area contributed by atoms with Crippen LogP contribution in [-0.4, -0.2) is 0 Å². The predicted octanol–water partition coefficient (Wildman–Crippen LogP) is 5.43. The lowest BCUT2D eigenvalue weighted by Crippen LogP contribution is -1.90. The van der Waals surface area contributed by atoms with Crippen LogP contribution in [0, 0.1) is 6.92 Å². The zero-order chi connectivity index (χ0) is 13.1. The molecule has 0 aliphatic rings. The summed E-state index contributed by atoms with van der Waals surface area (Å²) in [4.78, 5) is 0. The first-order valence-electron chi connectivity index (χ1n) is 6.45. The number of benzene rings is 2. The Hall–Kier alpha value is -1.82. The van der Waals surface area contributed by atoms with Gasteiger partial charge in [0.1, 0.15) is 0 Å². The summed E-state index contributed by atoms with van der Waals surface area (Å²) in [6, 6.07) is 15.3. The zero-order valence-corrected chi connectivity index (χ0v) is 11.4. The molecule has 0 radical (unpaired) electrons. The summed E-state index contributed by atoms with van der Waals surface area (Å²) < 4.78 is 0. The molecule has 0 aliphatic heterocycles. The van der Waals surface area contributed by atoms with Crippen LogP contribution < -0.4 is 0 Å². The molecule has 2 aromatic carbocycles. The summed E-state index contributed by atoms with van der Waals surface area (Å²) >= 11 is 0. The molecule has 0 nitrogen and oxygen atoms in total. The second-order valence-electron chi connectivity index (χ2n) is 5.06. The normalized spacial score (nSPS) is 10.7. The van der Waals surface area contributed by atoms with E-state index < -0.39 is 0 Å². The maximum absolute atomic E-state index is 3.84. The maximum atomic E-state index is 3.84. The summed E-state index contributed by atoms with van der Waals surface area (Å²) in [7, 11) is 0. The molecule has 0 spiro atoms. The highest BCUT2D eigenvalue weighted by atomic mass is 14.1. The first-order chi connectivity index (χ1) is 8.61. The smallest absolute Gasteiger partial charge is 0.0149 e. The van der Waals surface area contributed by atoms with E-state index in [1.54, 1.807) is 0 Å². The summed E-state index contributed by atoms with van der Waals surface area (Å²) in [5.41, 5.74) is 6.46. The van der Waals surface area contributed by atoms with Crippen molar-refractivity contribution in [3.63, 3.8) is 0 Å². The molecule has 18 heavy (non-hydrogen) atoms. The van der Waals surface area contributed by atoms with Crippen molar-refractivity contribution < 1.29 is 0 Å². The van der Waals surface area contributed by atoms with E-state index in [0.717, 1.165) is 0 Å². The molecule has 2 rings (SSSR count). The molecule has 92 valence electrons. The Labute approximate surface area is 110 Å². The van der Waals surface area contributed by atoms with Crippen molar-refractivity contribution in [1.29, 1.82) is 0 Å². The van der Waals surface area contributed by atoms with Gasteiger partial charge < -0.3 is 0 Å². The van der Waals surface area contributed by atoms with Crippen molar-refractivity contribution >= 4 is 6.08 Å². The molecule has 0 unspecified atom stereocenters. The summed E-state index contributed by atoms with van der Waals surface area (Å²) in [5, 5.41) is 0. The Balaban J connectivity index is 2.54. The second-order valence-corrected chi connectivity index (χ2v) is 5.06. The predicted molar refractivity (Wildman–Crippen MR) is 80.8 cm³/mol. The molecule has 0 atom stereocenters. The Bertz CT molecular complexity index is 562. The van der Waals surface area contributed by atoms with E-state index in [9.17, 15) is 0 Å². The van der Waals surface area contributed by atoms with Gasteiger partial charge in [0.05, 0.1) is 0 Å². The topological polar surface area (TPSA) is 0 Å². The minimum Gasteiger partial charge on any atom is -0.0985 e. The average molecular weight is 236 g/mol. The molecule has 0 N–H and O–H groups in total. The molecule has 0 heteroatoms. The van der Waals surface area contributed by atoms with E-state index >= 15 is 0 Å². The highest BCUT2D eigenvalue weighted by Gasteiger charge is 2.05. The van der Waals surface area contributed by atoms with Crippen LogP contribution in [0.4, 0.5) is 0 Å². The third-order valence-electron chi connectivity index (χ3n) is 3.36. The molecule has 0 aliphatic carbocycles. The first kappa shape index (κ1) is 12.6. The first-order valence-corrected chi connectivity index (χ1v) is 6.45. The lowest BCUT2D eigenvalue weighted by molar-refractivity contribution is 0.867. The van der Waals surface area contributed by atoms with Crippen LogP contribution in [0.15, 0.2) is 49.0 Å². The standard InChI is InChI=1S/C18H20/c1-5-15-10-9-14(4)18(11-15)17-8-6-7-16(12-17)13(2)3/h5-13H,1H2,2-4H3. The van der Waals surface area contributed by atoms with Crippen molar-refractivity contribution in [2.24, 2.45) is 0 Å². The van der Waals surface area contributed by atoms with Gasteiger partial charge in [0.15, 0.2) is 0 Å². The number of hydrogen-bond donors (Lipinski definition) is 0. The minimum atomic E-state index is 0.563. The van der Waals surface area contributed by atoms with Crippen molar-refractivity contribution in [3.05, 3.63) is 65.7 Å². The average Bonchev–Trinajstić information content (AvgIpc) is 2.39. The molecular formula is C18H20. The molecule has 0 amide bonds. The number of rotatable bonds is 3. The molecular weight excluding hydrogens is 216 g/mol. The van der Waals surface area contributed by atoms with Gasteiger partial charge in [0, 0.05) is 0 Å². The SMILES string of the molecule is C=Cc1ccc(C)c(-c2cccc(C(C)C)c2)c1. The zero-order valence-electron chi connectivity index (χ0n) is 11.4. The van der Waals surface area contributed by atoms with Gasteiger partial charge >= 0.3 is 0 Å². The fourth-order valence-electron chi connectivity index (χ4n) is 2.14. The van der Waals surface area contributed by atoms with Gasteiger partial charge in [-0.25, -0.2) is 0 Å². The van der Waals surface area contributed by atoms with Crippen LogP contribution >= 0.6 is 0 Å². The summed E-state index contributed by atoms with van der Waals surface area (Å²) in [5.74, 6) is 0.563. The third kappa shape index (κ3) is 2.53. The van der Waals surface area contributed by atoms with Gasteiger partial charge in [-0.05, 0) is 46.7 Å². The highest BCUT2D eigenvalue weighted by molar-refractivity contribution is 5.71. The summed E-state index contributed by atoms with van der Waals surface area (Å²) in [6.07, 6.45) is 1.90. The van der Waals surface area contributed by atoms with E-state index in [1.165, 1.54) is 27.8 Å². The number of aryl methyl sites for hydroxylation is 1. The van der Waals surface area contributed by atoms with E-state index in [-0.39, 0.29) is 0 Å². The Kier molecular flexibility index (Phi) is 3.66. The van der Waals surface area contributed by atoms with E-state index in [1.807, 2.05) is 6.08 Å². The van der Waals surface area contributed by atoms with Crippen molar-refractivity contribution in [3.8, 4) is 11.1 Å². The van der Waals surface area contributed by atoms with Gasteiger partial charge in [-0.3, -0.25) is 0 Å². The van der Waals surface area contributed by atoms with Crippen molar-refractivity contribution in [1.82, 2.24) is 0 Å². The lowest BCUT2D eigenvalue weighted by Gasteiger charge is -2.11. The molecule has 0 aromatic heterocycles. The van der Waals surface area contributed by atoms with Gasteiger partial charge in [0.2, 0.25) is 0 Å². The van der Waals surface area contributed by atoms with E-state index in [0.29, 0.717) is 5.92 Å². The van der Waals surface area contributed by atoms with Gasteiger partial charge in [-0.2, -0.15) is 0 Å². The molecule has 0 bridgehead atoms. The highest BCUT2D eigenvalue weighted by Crippen LogP contribution is 2.27. The molecule has 0 saturated heterocycles. The molecule has 0 heterocycles. The van der Waals surface area contributed by atoms with E-state index in [2.05, 4.69) is 69.8 Å². The Morgan fingerprint density at radius 2 is 1.83 bits per heavy atom. The van der Waals surface area contributed by atoms with Crippen LogP contribution in [0.5, 0.6) is 0 Å². The van der Waals surface area contributed by atoms with Crippen molar-refractivity contribution in [2.45, 2.75) is 26.7 Å². The number of hydrogen-bond acceptors (Lipinski definition) is 0. The van der Waals surface area contributed by atoms with Crippen LogP contribution in [0.2, 0.25) is 0 Å². The van der Waals surface area contributed by atoms with E-state index in [4.69, 9.17) is 0 Å². The molecule has 0 fully saturated rings. The monoisotopic (exact) mass is 236 g/mol. The van der Waals surface area contributed by atoms with Crippen LogP contribution in [0.25, 0.3) is 17.2 Å². The largest absolute Gasteiger partial charge is 0.0985 e. The Morgan fingerprint density at radius 1 is 1.06 bits per heavy atom. The summed E-state index contributed by atoms with van der Waals surface area (Å²) in [6.45, 7) is 10.5. The molecule has 0 saturated carbocycles. The molecule has 2 aromatic rings.